The number of aryl methyl sites for hydroxylation is 2. The second-order valence-electron chi connectivity index (χ2n) is 4.69. The molecule has 5 heteroatoms. The van der Waals surface area contributed by atoms with Gasteiger partial charge in [-0.25, -0.2) is 4.39 Å². The number of nitrogens with zero attached hydrogens (tertiary/aromatic N) is 1. The lowest BCUT2D eigenvalue weighted by atomic mass is 10.1. The minimum Gasteiger partial charge on any atom is -0.479 e. The van der Waals surface area contributed by atoms with Gasteiger partial charge in [-0.2, -0.15) is 4.98 Å². The lowest BCUT2D eigenvalue weighted by molar-refractivity contribution is 0.401. The van der Waals surface area contributed by atoms with E-state index in [9.17, 15) is 4.39 Å². The Morgan fingerprint density at radius 2 is 1.90 bits per heavy atom. The summed E-state index contributed by atoms with van der Waals surface area (Å²) >= 11 is 0. The molecule has 0 spiro atoms. The van der Waals surface area contributed by atoms with E-state index in [0.717, 1.165) is 5.56 Å². The summed E-state index contributed by atoms with van der Waals surface area (Å²) in [5.41, 5.74) is 8.48. The van der Waals surface area contributed by atoms with E-state index in [2.05, 4.69) is 10.3 Å². The molecule has 0 atom stereocenters. The molecule has 3 N–H and O–H groups in total. The molecular weight excluding hydrogens is 257 g/mol. The van der Waals surface area contributed by atoms with Gasteiger partial charge in [0.25, 0.3) is 0 Å². The van der Waals surface area contributed by atoms with Crippen molar-refractivity contribution in [1.29, 1.82) is 0 Å². The number of nitrogens with two attached hydrogens (primary N) is 1. The number of nitrogen functional groups attached to an aromatic ring is 1. The van der Waals surface area contributed by atoms with Gasteiger partial charge in [0.2, 0.25) is 5.88 Å². The first kappa shape index (κ1) is 14.1. The van der Waals surface area contributed by atoms with Crippen molar-refractivity contribution >= 4 is 11.5 Å². The predicted octanol–water partition coefficient (Wildman–Crippen LogP) is 3.04. The summed E-state index contributed by atoms with van der Waals surface area (Å²) < 4.78 is 18.6. The van der Waals surface area contributed by atoms with Crippen LogP contribution in [0.4, 0.5) is 15.9 Å². The van der Waals surface area contributed by atoms with Crippen molar-refractivity contribution in [2.24, 2.45) is 0 Å². The van der Waals surface area contributed by atoms with E-state index in [1.54, 1.807) is 26.0 Å². The number of anilines is 2. The highest BCUT2D eigenvalue weighted by Gasteiger charge is 2.06. The van der Waals surface area contributed by atoms with E-state index in [1.165, 1.54) is 7.11 Å². The summed E-state index contributed by atoms with van der Waals surface area (Å²) in [6.45, 7) is 4.08. The van der Waals surface area contributed by atoms with Crippen LogP contribution in [0.15, 0.2) is 24.3 Å². The number of aromatic nitrogens is 1. The van der Waals surface area contributed by atoms with Crippen LogP contribution in [-0.2, 0) is 6.54 Å². The van der Waals surface area contributed by atoms with Crippen molar-refractivity contribution in [3.8, 4) is 5.88 Å². The maximum Gasteiger partial charge on any atom is 0.238 e. The quantitative estimate of drug-likeness (QED) is 0.900. The molecule has 1 aromatic heterocycles. The molecule has 0 aliphatic heterocycles. The molecule has 20 heavy (non-hydrogen) atoms. The van der Waals surface area contributed by atoms with Crippen LogP contribution in [0.2, 0.25) is 0 Å². The molecule has 0 aliphatic carbocycles. The van der Waals surface area contributed by atoms with Crippen LogP contribution >= 0.6 is 0 Å². The predicted molar refractivity (Wildman–Crippen MR) is 78.4 cm³/mol. The fraction of sp³-hybridized carbons (Fsp3) is 0.267. The maximum atomic E-state index is 13.6. The molecule has 0 radical (unpaired) electrons. The Kier molecular flexibility index (Phi) is 4.08. The zero-order valence-electron chi connectivity index (χ0n) is 11.8. The smallest absolute Gasteiger partial charge is 0.238 e. The number of nitrogens with one attached hydrogen (secondary N) is 1. The zero-order valence-corrected chi connectivity index (χ0v) is 11.8. The lowest BCUT2D eigenvalue weighted by Gasteiger charge is -2.10. The minimum atomic E-state index is -0.152. The van der Waals surface area contributed by atoms with Crippen LogP contribution in [0.25, 0.3) is 0 Å². The van der Waals surface area contributed by atoms with Gasteiger partial charge < -0.3 is 15.8 Å². The third-order valence-corrected chi connectivity index (χ3v) is 3.05. The Hall–Kier alpha value is -2.30. The van der Waals surface area contributed by atoms with Crippen molar-refractivity contribution in [3.05, 3.63) is 46.8 Å². The molecule has 0 bridgehead atoms. The Balaban J connectivity index is 2.13. The molecule has 2 aromatic rings. The average molecular weight is 275 g/mol. The molecule has 2 rings (SSSR count). The van der Waals surface area contributed by atoms with E-state index in [1.807, 2.05) is 12.1 Å². The monoisotopic (exact) mass is 275 g/mol. The summed E-state index contributed by atoms with van der Waals surface area (Å²) in [5.74, 6) is 0.901. The maximum absolute atomic E-state index is 13.6. The Bertz CT molecular complexity index is 606. The molecule has 0 aliphatic rings. The molecular formula is C15H18FN3O. The number of rotatable bonds is 4. The first-order valence-electron chi connectivity index (χ1n) is 6.31. The third kappa shape index (κ3) is 2.99. The number of hydrogen-bond donors (Lipinski definition) is 2. The van der Waals surface area contributed by atoms with Gasteiger partial charge in [-0.05, 0) is 42.7 Å². The molecule has 0 unspecified atom stereocenters. The Labute approximate surface area is 117 Å². The van der Waals surface area contributed by atoms with Crippen molar-refractivity contribution in [1.82, 2.24) is 4.98 Å². The van der Waals surface area contributed by atoms with Gasteiger partial charge in [0.05, 0.1) is 12.8 Å². The Morgan fingerprint density at radius 3 is 2.50 bits per heavy atom. The van der Waals surface area contributed by atoms with Crippen LogP contribution in [0, 0.1) is 19.7 Å². The Morgan fingerprint density at radius 1 is 1.25 bits per heavy atom. The van der Waals surface area contributed by atoms with Gasteiger partial charge in [-0.15, -0.1) is 0 Å². The number of methoxy groups -OCH3 is 1. The van der Waals surface area contributed by atoms with Crippen molar-refractivity contribution in [2.45, 2.75) is 20.4 Å². The normalized spacial score (nSPS) is 10.4. The highest BCUT2D eigenvalue weighted by Crippen LogP contribution is 2.21. The van der Waals surface area contributed by atoms with E-state index in [4.69, 9.17) is 10.5 Å². The molecule has 0 fully saturated rings. The lowest BCUT2D eigenvalue weighted by Crippen LogP contribution is -2.04. The second kappa shape index (κ2) is 5.77. The second-order valence-corrected chi connectivity index (χ2v) is 4.69. The highest BCUT2D eigenvalue weighted by molar-refractivity contribution is 5.53. The van der Waals surface area contributed by atoms with E-state index >= 15 is 0 Å². The van der Waals surface area contributed by atoms with Gasteiger partial charge in [0, 0.05) is 6.54 Å². The van der Waals surface area contributed by atoms with Crippen LogP contribution < -0.4 is 15.8 Å². The van der Waals surface area contributed by atoms with Crippen LogP contribution in [0.1, 0.15) is 16.7 Å². The SMILES string of the molecule is COc1nc(NCc2cc(C)c(F)c(C)c2)ccc1N. The largest absolute Gasteiger partial charge is 0.479 e. The van der Waals surface area contributed by atoms with E-state index in [0.29, 0.717) is 35.1 Å². The van der Waals surface area contributed by atoms with Gasteiger partial charge in [0.15, 0.2) is 0 Å². The van der Waals surface area contributed by atoms with Gasteiger partial charge in [-0.1, -0.05) is 12.1 Å². The number of hydrogen-bond acceptors (Lipinski definition) is 4. The van der Waals surface area contributed by atoms with Gasteiger partial charge >= 0.3 is 0 Å². The molecule has 0 amide bonds. The minimum absolute atomic E-state index is 0.152. The van der Waals surface area contributed by atoms with Gasteiger partial charge in [-0.3, -0.25) is 0 Å². The van der Waals surface area contributed by atoms with Crippen molar-refractivity contribution in [2.75, 3.05) is 18.2 Å². The highest BCUT2D eigenvalue weighted by atomic mass is 19.1. The van der Waals surface area contributed by atoms with Crippen LogP contribution in [0.3, 0.4) is 0 Å². The summed E-state index contributed by atoms with van der Waals surface area (Å²) in [5, 5.41) is 3.17. The first-order chi connectivity index (χ1) is 9.51. The van der Waals surface area contributed by atoms with Crippen molar-refractivity contribution < 1.29 is 9.13 Å². The molecule has 0 saturated heterocycles. The summed E-state index contributed by atoms with van der Waals surface area (Å²) in [7, 11) is 1.52. The number of benzene rings is 1. The number of halogens is 1. The summed E-state index contributed by atoms with van der Waals surface area (Å²) in [6, 6.07) is 7.16. The molecule has 0 saturated carbocycles. The number of ether oxygens (including phenoxy) is 1. The molecule has 106 valence electrons. The molecule has 1 heterocycles. The first-order valence-corrected chi connectivity index (χ1v) is 6.31. The van der Waals surface area contributed by atoms with Crippen molar-refractivity contribution in [3.63, 3.8) is 0 Å². The standard InChI is InChI=1S/C15H18FN3O/c1-9-6-11(7-10(2)14(9)16)8-18-13-5-4-12(17)15(19-13)20-3/h4-7H,8,17H2,1-3H3,(H,18,19). The molecule has 1 aromatic carbocycles. The summed E-state index contributed by atoms with van der Waals surface area (Å²) in [6.07, 6.45) is 0. The van der Waals surface area contributed by atoms with Crippen LogP contribution in [0.5, 0.6) is 5.88 Å². The molecule has 4 nitrogen and oxygen atoms in total. The topological polar surface area (TPSA) is 60.2 Å². The third-order valence-electron chi connectivity index (χ3n) is 3.05. The number of pyridine rings is 1. The summed E-state index contributed by atoms with van der Waals surface area (Å²) in [4.78, 5) is 4.24. The fourth-order valence-electron chi connectivity index (χ4n) is 2.04. The average Bonchev–Trinajstić information content (AvgIpc) is 2.43. The van der Waals surface area contributed by atoms with E-state index < -0.39 is 0 Å². The van der Waals surface area contributed by atoms with E-state index in [-0.39, 0.29) is 5.82 Å². The van der Waals surface area contributed by atoms with Gasteiger partial charge in [0.1, 0.15) is 11.6 Å². The van der Waals surface area contributed by atoms with Crippen LogP contribution in [-0.4, -0.2) is 12.1 Å². The zero-order chi connectivity index (χ0) is 14.7. The fourth-order valence-corrected chi connectivity index (χ4v) is 2.04.